The van der Waals surface area contributed by atoms with Gasteiger partial charge >= 0.3 is 0 Å². The molecule has 19 heavy (non-hydrogen) atoms. The van der Waals surface area contributed by atoms with Crippen LogP contribution in [-0.4, -0.2) is 13.4 Å². The Morgan fingerprint density at radius 1 is 1.21 bits per heavy atom. The first-order valence-electron chi connectivity index (χ1n) is 5.17. The molecule has 0 saturated carbocycles. The van der Waals surface area contributed by atoms with Gasteiger partial charge < -0.3 is 11.1 Å². The van der Waals surface area contributed by atoms with Gasteiger partial charge in [0.05, 0.1) is 15.6 Å². The summed E-state index contributed by atoms with van der Waals surface area (Å²) in [5, 5.41) is 8.39. The molecule has 0 fully saturated rings. The lowest BCUT2D eigenvalue weighted by molar-refractivity contribution is 0.598. The van der Waals surface area contributed by atoms with Crippen LogP contribution in [-0.2, 0) is 10.0 Å². The van der Waals surface area contributed by atoms with Gasteiger partial charge in [0.15, 0.2) is 5.82 Å². The van der Waals surface area contributed by atoms with Crippen LogP contribution in [0.15, 0.2) is 41.4 Å². The van der Waals surface area contributed by atoms with E-state index in [1.807, 2.05) is 0 Å². The Morgan fingerprint density at radius 3 is 2.37 bits per heavy atom. The number of hydrogen-bond donors (Lipinski definition) is 3. The van der Waals surface area contributed by atoms with Crippen LogP contribution in [0.25, 0.3) is 0 Å². The molecular formula is C11H11ClN4O2S. The third-order valence-corrected chi connectivity index (χ3v) is 3.47. The summed E-state index contributed by atoms with van der Waals surface area (Å²) in [6.07, 6.45) is 1.46. The predicted molar refractivity (Wildman–Crippen MR) is 74.8 cm³/mol. The molecule has 0 atom stereocenters. The number of nitrogens with one attached hydrogen (secondary N) is 1. The van der Waals surface area contributed by atoms with Crippen LogP contribution in [0.4, 0.5) is 17.2 Å². The van der Waals surface area contributed by atoms with Crippen molar-refractivity contribution in [2.75, 3.05) is 11.1 Å². The highest BCUT2D eigenvalue weighted by molar-refractivity contribution is 7.89. The molecule has 2 aromatic rings. The lowest BCUT2D eigenvalue weighted by Crippen LogP contribution is -2.11. The normalized spacial score (nSPS) is 11.3. The molecule has 8 heteroatoms. The van der Waals surface area contributed by atoms with Gasteiger partial charge in [-0.3, -0.25) is 0 Å². The summed E-state index contributed by atoms with van der Waals surface area (Å²) in [6, 6.07) is 7.48. The zero-order valence-corrected chi connectivity index (χ0v) is 11.2. The minimum atomic E-state index is -3.69. The first-order chi connectivity index (χ1) is 8.86. The molecule has 0 bridgehead atoms. The molecule has 100 valence electrons. The van der Waals surface area contributed by atoms with Gasteiger partial charge in [-0.1, -0.05) is 11.6 Å². The first kappa shape index (κ1) is 13.6. The second-order valence-corrected chi connectivity index (χ2v) is 5.78. The number of primary sulfonamides is 1. The van der Waals surface area contributed by atoms with Gasteiger partial charge in [-0.2, -0.15) is 0 Å². The van der Waals surface area contributed by atoms with E-state index in [0.717, 1.165) is 0 Å². The molecule has 0 saturated heterocycles. The molecule has 0 unspecified atom stereocenters. The maximum atomic E-state index is 11.1. The molecule has 1 aromatic carbocycles. The van der Waals surface area contributed by atoms with Crippen molar-refractivity contribution in [2.45, 2.75) is 4.90 Å². The highest BCUT2D eigenvalue weighted by Gasteiger charge is 2.07. The molecule has 5 N–H and O–H groups in total. The number of rotatable bonds is 3. The summed E-state index contributed by atoms with van der Waals surface area (Å²) >= 11 is 5.74. The van der Waals surface area contributed by atoms with E-state index < -0.39 is 10.0 Å². The highest BCUT2D eigenvalue weighted by atomic mass is 35.5. The molecule has 0 aliphatic carbocycles. The Morgan fingerprint density at radius 2 is 1.84 bits per heavy atom. The largest absolute Gasteiger partial charge is 0.396 e. The van der Waals surface area contributed by atoms with Crippen molar-refractivity contribution in [2.24, 2.45) is 5.14 Å². The lowest BCUT2D eigenvalue weighted by atomic mass is 10.3. The zero-order chi connectivity index (χ0) is 14.0. The zero-order valence-electron chi connectivity index (χ0n) is 9.67. The number of aromatic nitrogens is 1. The number of nitrogens with two attached hydrogens (primary N) is 2. The quantitative estimate of drug-likeness (QED) is 0.798. The number of nitrogens with zero attached hydrogens (tertiary/aromatic N) is 1. The summed E-state index contributed by atoms with van der Waals surface area (Å²) < 4.78 is 22.2. The van der Waals surface area contributed by atoms with Crippen LogP contribution < -0.4 is 16.2 Å². The summed E-state index contributed by atoms with van der Waals surface area (Å²) in [6.45, 7) is 0. The standard InChI is InChI=1S/C11H11ClN4O2S/c12-7-5-10(13)11(15-6-7)16-8-1-3-9(4-2-8)19(14,17)18/h1-6H,13H2,(H,15,16)(H2,14,17,18). The van der Waals surface area contributed by atoms with Gasteiger partial charge in [0, 0.05) is 11.9 Å². The van der Waals surface area contributed by atoms with Crippen molar-refractivity contribution >= 4 is 38.8 Å². The number of anilines is 3. The average Bonchev–Trinajstić information content (AvgIpc) is 2.32. The minimum absolute atomic E-state index is 0.0371. The van der Waals surface area contributed by atoms with Crippen molar-refractivity contribution < 1.29 is 8.42 Å². The molecule has 2 rings (SSSR count). The molecule has 0 spiro atoms. The molecular weight excluding hydrogens is 288 g/mol. The van der Waals surface area contributed by atoms with Crippen LogP contribution in [0.1, 0.15) is 0 Å². The number of nitrogen functional groups attached to an aromatic ring is 1. The summed E-state index contributed by atoms with van der Waals surface area (Å²) in [5.41, 5.74) is 6.77. The van der Waals surface area contributed by atoms with Gasteiger partial charge in [-0.25, -0.2) is 18.5 Å². The van der Waals surface area contributed by atoms with E-state index in [-0.39, 0.29) is 4.90 Å². The number of benzene rings is 1. The number of pyridine rings is 1. The smallest absolute Gasteiger partial charge is 0.238 e. The molecule has 0 aliphatic heterocycles. The topological polar surface area (TPSA) is 111 Å². The van der Waals surface area contributed by atoms with Gasteiger partial charge in [-0.15, -0.1) is 0 Å². The van der Waals surface area contributed by atoms with E-state index in [2.05, 4.69) is 10.3 Å². The van der Waals surface area contributed by atoms with Crippen LogP contribution in [0.5, 0.6) is 0 Å². The summed E-state index contributed by atoms with van der Waals surface area (Å²) in [4.78, 5) is 4.07. The van der Waals surface area contributed by atoms with Gasteiger partial charge in [-0.05, 0) is 30.3 Å². The van der Waals surface area contributed by atoms with E-state index in [4.69, 9.17) is 22.5 Å². The summed E-state index contributed by atoms with van der Waals surface area (Å²) in [5.74, 6) is 0.438. The molecule has 0 radical (unpaired) electrons. The van der Waals surface area contributed by atoms with Gasteiger partial charge in [0.25, 0.3) is 0 Å². The molecule has 1 heterocycles. The molecule has 0 aliphatic rings. The van der Waals surface area contributed by atoms with Crippen LogP contribution >= 0.6 is 11.6 Å². The van der Waals surface area contributed by atoms with E-state index in [1.54, 1.807) is 18.2 Å². The lowest BCUT2D eigenvalue weighted by Gasteiger charge is -2.08. The van der Waals surface area contributed by atoms with Crippen LogP contribution in [0.3, 0.4) is 0 Å². The van der Waals surface area contributed by atoms with Crippen molar-refractivity contribution in [3.8, 4) is 0 Å². The fourth-order valence-corrected chi connectivity index (χ4v) is 2.11. The van der Waals surface area contributed by atoms with E-state index in [0.29, 0.717) is 22.2 Å². The number of hydrogen-bond acceptors (Lipinski definition) is 5. The van der Waals surface area contributed by atoms with E-state index in [1.165, 1.54) is 18.3 Å². The van der Waals surface area contributed by atoms with Gasteiger partial charge in [0.1, 0.15) is 0 Å². The average molecular weight is 299 g/mol. The Kier molecular flexibility index (Phi) is 3.61. The third kappa shape index (κ3) is 3.34. The monoisotopic (exact) mass is 298 g/mol. The second kappa shape index (κ2) is 5.04. The second-order valence-electron chi connectivity index (χ2n) is 3.79. The van der Waals surface area contributed by atoms with Crippen molar-refractivity contribution in [3.63, 3.8) is 0 Å². The van der Waals surface area contributed by atoms with Crippen molar-refractivity contribution in [3.05, 3.63) is 41.6 Å². The van der Waals surface area contributed by atoms with Crippen molar-refractivity contribution in [1.82, 2.24) is 4.98 Å². The maximum absolute atomic E-state index is 11.1. The van der Waals surface area contributed by atoms with Gasteiger partial charge in [0.2, 0.25) is 10.0 Å². The molecule has 6 nitrogen and oxygen atoms in total. The molecule has 0 amide bonds. The Hall–Kier alpha value is -1.83. The first-order valence-corrected chi connectivity index (χ1v) is 7.09. The Labute approximate surface area is 115 Å². The third-order valence-electron chi connectivity index (χ3n) is 2.33. The Balaban J connectivity index is 2.25. The number of sulfonamides is 1. The Bertz CT molecular complexity index is 701. The highest BCUT2D eigenvalue weighted by Crippen LogP contribution is 2.23. The molecule has 1 aromatic heterocycles. The SMILES string of the molecule is Nc1cc(Cl)cnc1Nc1ccc(S(N)(=O)=O)cc1. The fourth-order valence-electron chi connectivity index (χ4n) is 1.42. The summed E-state index contributed by atoms with van der Waals surface area (Å²) in [7, 11) is -3.69. The van der Waals surface area contributed by atoms with Crippen molar-refractivity contribution in [1.29, 1.82) is 0 Å². The minimum Gasteiger partial charge on any atom is -0.396 e. The predicted octanol–water partition coefficient (Wildman–Crippen LogP) is 1.71. The number of halogens is 1. The van der Waals surface area contributed by atoms with E-state index in [9.17, 15) is 8.42 Å². The maximum Gasteiger partial charge on any atom is 0.238 e. The van der Waals surface area contributed by atoms with Crippen LogP contribution in [0.2, 0.25) is 5.02 Å². The van der Waals surface area contributed by atoms with E-state index >= 15 is 0 Å². The fraction of sp³-hybridized carbons (Fsp3) is 0. The van der Waals surface area contributed by atoms with Crippen LogP contribution in [0, 0.1) is 0 Å².